The zero-order valence-corrected chi connectivity index (χ0v) is 13.0. The van der Waals surface area contributed by atoms with Crippen molar-refractivity contribution >= 4 is 16.1 Å². The van der Waals surface area contributed by atoms with Crippen LogP contribution in [0.4, 0.5) is 0 Å². The summed E-state index contributed by atoms with van der Waals surface area (Å²) < 4.78 is 29.9. The summed E-state index contributed by atoms with van der Waals surface area (Å²) in [5, 5.41) is 9.41. The van der Waals surface area contributed by atoms with Crippen molar-refractivity contribution in [2.24, 2.45) is 5.41 Å². The lowest BCUT2D eigenvalue weighted by molar-refractivity contribution is -0.163. The molecule has 0 radical (unpaired) electrons. The van der Waals surface area contributed by atoms with Gasteiger partial charge in [0.1, 0.15) is 0 Å². The van der Waals surface area contributed by atoms with Crippen LogP contribution in [0.15, 0.2) is 29.2 Å². The fourth-order valence-electron chi connectivity index (χ4n) is 2.70. The molecule has 0 saturated heterocycles. The Morgan fingerprint density at radius 1 is 1.33 bits per heavy atom. The van der Waals surface area contributed by atoms with Gasteiger partial charge in [-0.15, -0.1) is 0 Å². The smallest absolute Gasteiger partial charge is 0.312 e. The summed E-state index contributed by atoms with van der Waals surface area (Å²) >= 11 is 0. The van der Waals surface area contributed by atoms with Gasteiger partial charge in [-0.05, 0) is 38.3 Å². The van der Waals surface area contributed by atoms with E-state index in [0.717, 1.165) is 12.0 Å². The predicted octanol–water partition coefficient (Wildman–Crippen LogP) is 2.73. The Bertz CT molecular complexity index is 614. The highest BCUT2D eigenvalue weighted by Crippen LogP contribution is 2.47. The zero-order valence-electron chi connectivity index (χ0n) is 12.2. The van der Waals surface area contributed by atoms with Gasteiger partial charge in [-0.25, -0.2) is 0 Å². The van der Waals surface area contributed by atoms with Gasteiger partial charge in [-0.1, -0.05) is 31.0 Å². The molecule has 1 unspecified atom stereocenters. The van der Waals surface area contributed by atoms with Crippen LogP contribution in [0, 0.1) is 12.3 Å². The van der Waals surface area contributed by atoms with E-state index >= 15 is 0 Å². The highest BCUT2D eigenvalue weighted by atomic mass is 32.2. The molecule has 6 heteroatoms. The van der Waals surface area contributed by atoms with E-state index in [2.05, 4.69) is 0 Å². The SMILES string of the molecule is CCC(OS(=O)(=O)c1ccc(C)cc1)C1(C(=O)O)CCC1. The number of aryl methyl sites for hydroxylation is 1. The Balaban J connectivity index is 2.25. The van der Waals surface area contributed by atoms with E-state index in [1.807, 2.05) is 6.92 Å². The molecule has 0 spiro atoms. The minimum Gasteiger partial charge on any atom is -0.481 e. The minimum absolute atomic E-state index is 0.0615. The Kier molecular flexibility index (Phi) is 4.39. The van der Waals surface area contributed by atoms with Crippen LogP contribution in [0.3, 0.4) is 0 Å². The van der Waals surface area contributed by atoms with Crippen LogP contribution in [-0.2, 0) is 19.1 Å². The molecule has 5 nitrogen and oxygen atoms in total. The van der Waals surface area contributed by atoms with Crippen molar-refractivity contribution < 1.29 is 22.5 Å². The molecule has 2 rings (SSSR count). The van der Waals surface area contributed by atoms with Gasteiger partial charge in [0.05, 0.1) is 16.4 Å². The average Bonchev–Trinajstić information content (AvgIpc) is 2.36. The quantitative estimate of drug-likeness (QED) is 0.817. The van der Waals surface area contributed by atoms with Crippen molar-refractivity contribution in [3.8, 4) is 0 Å². The monoisotopic (exact) mass is 312 g/mol. The molecule has 1 N–H and O–H groups in total. The van der Waals surface area contributed by atoms with Crippen LogP contribution in [-0.4, -0.2) is 25.6 Å². The summed E-state index contributed by atoms with van der Waals surface area (Å²) in [6, 6.07) is 6.33. The predicted molar refractivity (Wildman–Crippen MR) is 77.4 cm³/mol. The Hall–Kier alpha value is -1.40. The molecule has 1 atom stereocenters. The standard InChI is InChI=1S/C15H20O5S/c1-3-13(15(14(16)17)9-4-10-15)20-21(18,19)12-7-5-11(2)6-8-12/h5-8,13H,3-4,9-10H2,1-2H3,(H,16,17). The van der Waals surface area contributed by atoms with Gasteiger partial charge in [0, 0.05) is 0 Å². The first-order chi connectivity index (χ1) is 9.82. The van der Waals surface area contributed by atoms with E-state index in [4.69, 9.17) is 4.18 Å². The lowest BCUT2D eigenvalue weighted by atomic mass is 9.64. The molecule has 21 heavy (non-hydrogen) atoms. The average molecular weight is 312 g/mol. The van der Waals surface area contributed by atoms with Crippen molar-refractivity contribution in [2.75, 3.05) is 0 Å². The van der Waals surface area contributed by atoms with Gasteiger partial charge in [-0.3, -0.25) is 8.98 Å². The molecule has 0 aliphatic heterocycles. The number of rotatable bonds is 6. The van der Waals surface area contributed by atoms with Crippen LogP contribution >= 0.6 is 0 Å². The Morgan fingerprint density at radius 3 is 2.29 bits per heavy atom. The van der Waals surface area contributed by atoms with E-state index in [-0.39, 0.29) is 4.90 Å². The van der Waals surface area contributed by atoms with Crippen LogP contribution in [0.2, 0.25) is 0 Å². The molecule has 0 bridgehead atoms. The van der Waals surface area contributed by atoms with Crippen molar-refractivity contribution in [3.63, 3.8) is 0 Å². The fourth-order valence-corrected chi connectivity index (χ4v) is 3.90. The normalized spacial score (nSPS) is 18.8. The van der Waals surface area contributed by atoms with E-state index in [0.29, 0.717) is 19.3 Å². The molecule has 0 aromatic heterocycles. The van der Waals surface area contributed by atoms with Crippen LogP contribution in [0.5, 0.6) is 0 Å². The van der Waals surface area contributed by atoms with Crippen molar-refractivity contribution in [3.05, 3.63) is 29.8 Å². The van der Waals surface area contributed by atoms with Crippen molar-refractivity contribution in [2.45, 2.75) is 50.5 Å². The minimum atomic E-state index is -3.94. The largest absolute Gasteiger partial charge is 0.481 e. The first-order valence-corrected chi connectivity index (χ1v) is 8.46. The molecule has 116 valence electrons. The second kappa shape index (κ2) is 5.77. The summed E-state index contributed by atoms with van der Waals surface area (Å²) in [5.74, 6) is -0.972. The highest BCUT2D eigenvalue weighted by molar-refractivity contribution is 7.86. The van der Waals surface area contributed by atoms with Gasteiger partial charge in [0.25, 0.3) is 10.1 Å². The topological polar surface area (TPSA) is 80.7 Å². The van der Waals surface area contributed by atoms with Gasteiger partial charge >= 0.3 is 5.97 Å². The third-order valence-electron chi connectivity index (χ3n) is 4.21. The van der Waals surface area contributed by atoms with Crippen LogP contribution < -0.4 is 0 Å². The maximum atomic E-state index is 12.3. The first-order valence-electron chi connectivity index (χ1n) is 7.05. The number of carboxylic acid groups (broad SMARTS) is 1. The summed E-state index contributed by atoms with van der Waals surface area (Å²) in [5.41, 5.74) is -0.117. The van der Waals surface area contributed by atoms with Gasteiger partial charge in [0.15, 0.2) is 0 Å². The zero-order chi connectivity index (χ0) is 15.7. The Labute approximate surface area is 125 Å². The third-order valence-corrected chi connectivity index (χ3v) is 5.55. The van der Waals surface area contributed by atoms with Gasteiger partial charge < -0.3 is 5.11 Å². The summed E-state index contributed by atoms with van der Waals surface area (Å²) in [6.07, 6.45) is 1.23. The second-order valence-electron chi connectivity index (χ2n) is 5.58. The number of hydrogen-bond acceptors (Lipinski definition) is 4. The maximum Gasteiger partial charge on any atom is 0.312 e. The fraction of sp³-hybridized carbons (Fsp3) is 0.533. The van der Waals surface area contributed by atoms with E-state index < -0.39 is 27.6 Å². The molecule has 1 aromatic rings. The molecule has 1 saturated carbocycles. The number of hydrogen-bond donors (Lipinski definition) is 1. The molecular formula is C15H20O5S. The van der Waals surface area contributed by atoms with Crippen molar-refractivity contribution in [1.82, 2.24) is 0 Å². The summed E-state index contributed by atoms with van der Waals surface area (Å²) in [7, 11) is -3.94. The van der Waals surface area contributed by atoms with Crippen LogP contribution in [0.1, 0.15) is 38.2 Å². The van der Waals surface area contributed by atoms with E-state index in [1.165, 1.54) is 12.1 Å². The summed E-state index contributed by atoms with van der Waals surface area (Å²) in [4.78, 5) is 11.6. The number of carboxylic acids is 1. The lowest BCUT2D eigenvalue weighted by Crippen LogP contribution is -2.49. The maximum absolute atomic E-state index is 12.3. The van der Waals surface area contributed by atoms with Crippen LogP contribution in [0.25, 0.3) is 0 Å². The first kappa shape index (κ1) is 16.0. The van der Waals surface area contributed by atoms with Gasteiger partial charge in [-0.2, -0.15) is 8.42 Å². The lowest BCUT2D eigenvalue weighted by Gasteiger charge is -2.42. The molecule has 0 amide bonds. The third kappa shape index (κ3) is 2.96. The van der Waals surface area contributed by atoms with Gasteiger partial charge in [0.2, 0.25) is 0 Å². The molecule has 1 aliphatic carbocycles. The second-order valence-corrected chi connectivity index (χ2v) is 7.15. The van der Waals surface area contributed by atoms with E-state index in [9.17, 15) is 18.3 Å². The molecule has 0 heterocycles. The number of carbonyl (C=O) groups is 1. The molecule has 1 aromatic carbocycles. The number of benzene rings is 1. The van der Waals surface area contributed by atoms with Crippen molar-refractivity contribution in [1.29, 1.82) is 0 Å². The number of aliphatic carboxylic acids is 1. The van der Waals surface area contributed by atoms with E-state index in [1.54, 1.807) is 19.1 Å². The molecule has 1 aliphatic rings. The molecular weight excluding hydrogens is 292 g/mol. The molecule has 1 fully saturated rings. The highest BCUT2D eigenvalue weighted by Gasteiger charge is 2.52. The summed E-state index contributed by atoms with van der Waals surface area (Å²) in [6.45, 7) is 3.61. The Morgan fingerprint density at radius 2 is 1.90 bits per heavy atom.